The van der Waals surface area contributed by atoms with Crippen LogP contribution in [0.4, 0.5) is 0 Å². The molecule has 7 heteroatoms. The Morgan fingerprint density at radius 1 is 0.941 bits per heavy atom. The molecule has 0 aromatic heterocycles. The molecule has 1 aliphatic rings. The van der Waals surface area contributed by atoms with E-state index in [-0.39, 0.29) is 0 Å². The fourth-order valence-corrected chi connectivity index (χ4v) is 4.12. The quantitative estimate of drug-likeness (QED) is 0.576. The minimum Gasteiger partial charge on any atom is -0.297 e. The molecule has 4 nitrogen and oxygen atoms in total. The third-order valence-electron chi connectivity index (χ3n) is 2.58. The van der Waals surface area contributed by atoms with Crippen LogP contribution in [0.1, 0.15) is 25.7 Å². The first-order chi connectivity index (χ1) is 8.23. The summed E-state index contributed by atoms with van der Waals surface area (Å²) in [5.74, 6) is 0.765. The maximum absolute atomic E-state index is 12.6. The van der Waals surface area contributed by atoms with Gasteiger partial charge < -0.3 is 0 Å². The molecule has 0 saturated carbocycles. The van der Waals surface area contributed by atoms with Gasteiger partial charge in [-0.25, -0.2) is 9.24 Å². The van der Waals surface area contributed by atoms with Crippen molar-refractivity contribution in [1.29, 1.82) is 0 Å². The summed E-state index contributed by atoms with van der Waals surface area (Å²) in [4.78, 5) is 0. The van der Waals surface area contributed by atoms with Crippen LogP contribution in [0, 0.1) is 0 Å². The van der Waals surface area contributed by atoms with Gasteiger partial charge in [0.2, 0.25) is 0 Å². The highest BCUT2D eigenvalue weighted by Crippen LogP contribution is 2.52. The fourth-order valence-electron chi connectivity index (χ4n) is 1.67. The molecule has 1 fully saturated rings. The number of nitrogens with zero attached hydrogens (tertiary/aromatic N) is 1. The zero-order valence-corrected chi connectivity index (χ0v) is 12.4. The molecule has 0 N–H and O–H groups in total. The molecule has 0 aromatic rings. The molecule has 0 spiro atoms. The van der Waals surface area contributed by atoms with Crippen LogP contribution in [0.3, 0.4) is 0 Å². The zero-order valence-electron chi connectivity index (χ0n) is 9.95. The molecule has 0 amide bonds. The van der Waals surface area contributed by atoms with Crippen molar-refractivity contribution in [2.75, 3.05) is 38.1 Å². The lowest BCUT2D eigenvalue weighted by Crippen LogP contribution is -2.27. The van der Waals surface area contributed by atoms with Gasteiger partial charge in [-0.1, -0.05) is 12.8 Å². The van der Waals surface area contributed by atoms with Crippen molar-refractivity contribution >= 4 is 30.9 Å². The molecule has 0 aliphatic carbocycles. The molecule has 0 radical (unpaired) electrons. The van der Waals surface area contributed by atoms with Gasteiger partial charge in [0, 0.05) is 24.8 Å². The van der Waals surface area contributed by atoms with Crippen molar-refractivity contribution in [3.63, 3.8) is 0 Å². The second-order valence-electron chi connectivity index (χ2n) is 3.88. The fraction of sp³-hybridized carbons (Fsp3) is 1.00. The lowest BCUT2D eigenvalue weighted by atomic mass is 10.2. The van der Waals surface area contributed by atoms with E-state index in [1.165, 1.54) is 0 Å². The van der Waals surface area contributed by atoms with Gasteiger partial charge in [0.25, 0.3) is 0 Å². The summed E-state index contributed by atoms with van der Waals surface area (Å²) in [6.45, 7) is 1.87. The standard InChI is InChI=1S/C10H20Cl2NO3P/c11-5-7-13(8-6-12)17(14)15-9-3-1-2-4-10-16-17/h1-10H2. The second kappa shape index (κ2) is 8.73. The monoisotopic (exact) mass is 303 g/mol. The first kappa shape index (κ1) is 15.7. The highest BCUT2D eigenvalue weighted by Gasteiger charge is 2.33. The largest absolute Gasteiger partial charge is 0.408 e. The van der Waals surface area contributed by atoms with E-state index in [1.54, 1.807) is 4.67 Å². The Balaban J connectivity index is 2.66. The first-order valence-corrected chi connectivity index (χ1v) is 8.56. The lowest BCUT2D eigenvalue weighted by molar-refractivity contribution is 0.164. The van der Waals surface area contributed by atoms with Crippen molar-refractivity contribution in [3.8, 4) is 0 Å². The first-order valence-electron chi connectivity index (χ1n) is 5.99. The predicted molar refractivity (Wildman–Crippen MR) is 71.0 cm³/mol. The third kappa shape index (κ3) is 5.46. The van der Waals surface area contributed by atoms with E-state index in [1.807, 2.05) is 0 Å². The van der Waals surface area contributed by atoms with Crippen molar-refractivity contribution in [2.24, 2.45) is 0 Å². The molecule has 0 aromatic carbocycles. The molecule has 102 valence electrons. The number of hydrogen-bond donors (Lipinski definition) is 0. The molecular formula is C10H20Cl2NO3P. The second-order valence-corrected chi connectivity index (χ2v) is 6.66. The summed E-state index contributed by atoms with van der Waals surface area (Å²) in [5.41, 5.74) is 0. The van der Waals surface area contributed by atoms with E-state index in [0.717, 1.165) is 25.7 Å². The molecule has 0 atom stereocenters. The SMILES string of the molecule is O=P1(N(CCCl)CCCl)OCCCCCCO1. The van der Waals surface area contributed by atoms with E-state index in [9.17, 15) is 4.57 Å². The van der Waals surface area contributed by atoms with Crippen molar-refractivity contribution in [2.45, 2.75) is 25.7 Å². The minimum absolute atomic E-state index is 0.383. The van der Waals surface area contributed by atoms with E-state index < -0.39 is 7.75 Å². The van der Waals surface area contributed by atoms with Crippen LogP contribution in [-0.2, 0) is 13.6 Å². The van der Waals surface area contributed by atoms with E-state index in [2.05, 4.69) is 0 Å². The molecular weight excluding hydrogens is 284 g/mol. The Hall–Kier alpha value is 0.690. The summed E-state index contributed by atoms with van der Waals surface area (Å²) in [7, 11) is -3.19. The normalized spacial score (nSPS) is 21.8. The van der Waals surface area contributed by atoms with E-state index in [4.69, 9.17) is 32.2 Å². The van der Waals surface area contributed by atoms with Gasteiger partial charge in [-0.15, -0.1) is 23.2 Å². The Morgan fingerprint density at radius 2 is 1.41 bits per heavy atom. The maximum Gasteiger partial charge on any atom is 0.408 e. The highest BCUT2D eigenvalue weighted by atomic mass is 35.5. The molecule has 1 heterocycles. The van der Waals surface area contributed by atoms with Crippen molar-refractivity contribution < 1.29 is 13.6 Å². The Kier molecular flexibility index (Phi) is 8.09. The summed E-state index contributed by atoms with van der Waals surface area (Å²) in [6, 6.07) is 0. The summed E-state index contributed by atoms with van der Waals surface area (Å²) in [5, 5.41) is 0. The molecule has 17 heavy (non-hydrogen) atoms. The van der Waals surface area contributed by atoms with E-state index >= 15 is 0 Å². The number of hydrogen-bond acceptors (Lipinski definition) is 3. The predicted octanol–water partition coefficient (Wildman–Crippen LogP) is 3.48. The van der Waals surface area contributed by atoms with Gasteiger partial charge in [-0.2, -0.15) is 0 Å². The summed E-state index contributed by atoms with van der Waals surface area (Å²) >= 11 is 11.4. The Morgan fingerprint density at radius 3 is 1.82 bits per heavy atom. The molecule has 1 saturated heterocycles. The Bertz CT molecular complexity index is 236. The maximum atomic E-state index is 12.6. The van der Waals surface area contributed by atoms with Gasteiger partial charge in [0.1, 0.15) is 0 Å². The molecule has 0 bridgehead atoms. The summed E-state index contributed by atoms with van der Waals surface area (Å²) < 4.78 is 25.2. The number of rotatable bonds is 5. The van der Waals surface area contributed by atoms with Crippen molar-refractivity contribution in [1.82, 2.24) is 4.67 Å². The molecule has 0 unspecified atom stereocenters. The number of halogens is 2. The average Bonchev–Trinajstić information content (AvgIpc) is 2.42. The van der Waals surface area contributed by atoms with Gasteiger partial charge in [0.05, 0.1) is 13.2 Å². The zero-order chi connectivity index (χ0) is 12.6. The van der Waals surface area contributed by atoms with Crippen LogP contribution in [0.15, 0.2) is 0 Å². The van der Waals surface area contributed by atoms with E-state index in [0.29, 0.717) is 38.1 Å². The van der Waals surface area contributed by atoms with Gasteiger partial charge in [-0.3, -0.25) is 9.05 Å². The highest BCUT2D eigenvalue weighted by molar-refractivity contribution is 7.51. The topological polar surface area (TPSA) is 38.8 Å². The molecule has 1 rings (SSSR count). The average molecular weight is 304 g/mol. The smallest absolute Gasteiger partial charge is 0.297 e. The Labute approximate surface area is 113 Å². The van der Waals surface area contributed by atoms with Crippen LogP contribution in [-0.4, -0.2) is 42.7 Å². The lowest BCUT2D eigenvalue weighted by Gasteiger charge is -2.28. The summed E-state index contributed by atoms with van der Waals surface area (Å²) in [6.07, 6.45) is 4.02. The van der Waals surface area contributed by atoms with Crippen LogP contribution < -0.4 is 0 Å². The van der Waals surface area contributed by atoms with Crippen molar-refractivity contribution in [3.05, 3.63) is 0 Å². The van der Waals surface area contributed by atoms with Crippen LogP contribution >= 0.6 is 30.9 Å². The van der Waals surface area contributed by atoms with Crippen LogP contribution in [0.2, 0.25) is 0 Å². The van der Waals surface area contributed by atoms with Gasteiger partial charge >= 0.3 is 7.75 Å². The molecule has 1 aliphatic heterocycles. The van der Waals surface area contributed by atoms with Gasteiger partial charge in [-0.05, 0) is 12.8 Å². The van der Waals surface area contributed by atoms with Gasteiger partial charge in [0.15, 0.2) is 0 Å². The third-order valence-corrected chi connectivity index (χ3v) is 5.03. The minimum atomic E-state index is -3.19. The van der Waals surface area contributed by atoms with Crippen LogP contribution in [0.25, 0.3) is 0 Å². The number of alkyl halides is 2. The van der Waals surface area contributed by atoms with Crippen LogP contribution in [0.5, 0.6) is 0 Å².